The number of carbonyl (C=O) groups is 1. The average molecular weight is 408 g/mol. The third-order valence-electron chi connectivity index (χ3n) is 5.21. The predicted octanol–water partition coefficient (Wildman–Crippen LogP) is 4.72. The van der Waals surface area contributed by atoms with Gasteiger partial charge in [-0.05, 0) is 24.5 Å². The van der Waals surface area contributed by atoms with Gasteiger partial charge in [-0.15, -0.1) is 0 Å². The zero-order valence-electron chi connectivity index (χ0n) is 17.0. The van der Waals surface area contributed by atoms with Gasteiger partial charge >= 0.3 is 6.18 Å². The minimum absolute atomic E-state index is 0.0829. The van der Waals surface area contributed by atoms with Gasteiger partial charge in [-0.3, -0.25) is 9.69 Å². The van der Waals surface area contributed by atoms with E-state index >= 15 is 0 Å². The normalized spacial score (nSPS) is 16.8. The van der Waals surface area contributed by atoms with E-state index in [1.807, 2.05) is 30.4 Å². The third-order valence-corrected chi connectivity index (χ3v) is 5.21. The maximum atomic E-state index is 13.2. The maximum absolute atomic E-state index is 13.2. The first-order valence-electron chi connectivity index (χ1n) is 9.78. The summed E-state index contributed by atoms with van der Waals surface area (Å²) >= 11 is 0. The smallest absolute Gasteiger partial charge is 0.310 e. The van der Waals surface area contributed by atoms with Crippen molar-refractivity contribution in [1.29, 1.82) is 0 Å². The average Bonchev–Trinajstić information content (AvgIpc) is 3.09. The molecule has 0 bridgehead atoms. The second-order valence-corrected chi connectivity index (χ2v) is 8.53. The van der Waals surface area contributed by atoms with Crippen molar-refractivity contribution in [2.45, 2.75) is 52.4 Å². The molecule has 0 radical (unpaired) electrons. The number of rotatable bonds is 4. The number of hydrogen-bond donors (Lipinski definition) is 1. The Labute approximate surface area is 168 Å². The van der Waals surface area contributed by atoms with Gasteiger partial charge < -0.3 is 5.32 Å². The Hall–Kier alpha value is -2.35. The molecule has 3 rings (SSSR count). The predicted molar refractivity (Wildman–Crippen MR) is 105 cm³/mol. The third kappa shape index (κ3) is 5.18. The number of piperidine rings is 1. The highest BCUT2D eigenvalue weighted by Gasteiger charge is 2.34. The van der Waals surface area contributed by atoms with E-state index in [1.54, 1.807) is 24.4 Å². The van der Waals surface area contributed by atoms with Crippen LogP contribution in [-0.4, -0.2) is 33.7 Å². The fourth-order valence-corrected chi connectivity index (χ4v) is 3.51. The van der Waals surface area contributed by atoms with Crippen LogP contribution in [0.3, 0.4) is 0 Å². The minimum atomic E-state index is -4.34. The van der Waals surface area contributed by atoms with Crippen LogP contribution in [0.1, 0.15) is 50.8 Å². The number of halogens is 3. The van der Waals surface area contributed by atoms with E-state index in [0.717, 1.165) is 18.9 Å². The molecule has 1 amide bonds. The van der Waals surface area contributed by atoms with Crippen molar-refractivity contribution in [2.75, 3.05) is 18.4 Å². The van der Waals surface area contributed by atoms with E-state index in [0.29, 0.717) is 24.5 Å². The van der Waals surface area contributed by atoms with Crippen LogP contribution in [0.25, 0.3) is 0 Å². The molecule has 0 unspecified atom stereocenters. The molecule has 1 N–H and O–H groups in total. The number of alkyl halides is 3. The molecule has 5 nitrogen and oxygen atoms in total. The summed E-state index contributed by atoms with van der Waals surface area (Å²) < 4.78 is 41.5. The Morgan fingerprint density at radius 2 is 1.79 bits per heavy atom. The summed E-state index contributed by atoms with van der Waals surface area (Å²) in [5, 5.41) is 7.29. The van der Waals surface area contributed by atoms with Gasteiger partial charge in [-0.25, -0.2) is 4.68 Å². The van der Waals surface area contributed by atoms with Crippen molar-refractivity contribution >= 4 is 11.7 Å². The van der Waals surface area contributed by atoms with E-state index in [2.05, 4.69) is 10.4 Å². The Balaban J connectivity index is 1.63. The highest BCUT2D eigenvalue weighted by molar-refractivity contribution is 5.93. The number of carbonyl (C=O) groups excluding carboxylic acids is 1. The largest absolute Gasteiger partial charge is 0.416 e. The molecular formula is C21H27F3N4O. The van der Waals surface area contributed by atoms with Gasteiger partial charge in [0.15, 0.2) is 0 Å². The molecule has 0 spiro atoms. The standard InChI is InChI=1S/C21H27F3N4O/c1-20(2,3)19(29)26-18-8-11-25-28(18)16-9-12-27(13-10-16)14-15-6-4-5-7-17(15)21(22,23)24/h4-8,11,16H,9-10,12-14H2,1-3H3,(H,26,29). The second kappa shape index (κ2) is 8.18. The fraction of sp³-hybridized carbons (Fsp3) is 0.524. The van der Waals surface area contributed by atoms with Crippen LogP contribution < -0.4 is 5.32 Å². The van der Waals surface area contributed by atoms with E-state index in [4.69, 9.17) is 0 Å². The van der Waals surface area contributed by atoms with E-state index in [9.17, 15) is 18.0 Å². The fourth-order valence-electron chi connectivity index (χ4n) is 3.51. The van der Waals surface area contributed by atoms with E-state index < -0.39 is 17.2 Å². The Morgan fingerprint density at radius 3 is 2.41 bits per heavy atom. The summed E-state index contributed by atoms with van der Waals surface area (Å²) in [5.41, 5.74) is -0.776. The Morgan fingerprint density at radius 1 is 1.14 bits per heavy atom. The minimum Gasteiger partial charge on any atom is -0.310 e. The van der Waals surface area contributed by atoms with Crippen LogP contribution in [-0.2, 0) is 17.5 Å². The molecule has 29 heavy (non-hydrogen) atoms. The summed E-state index contributed by atoms with van der Waals surface area (Å²) in [5.74, 6) is 0.575. The summed E-state index contributed by atoms with van der Waals surface area (Å²) in [6.45, 7) is 7.16. The lowest BCUT2D eigenvalue weighted by atomic mass is 9.96. The summed E-state index contributed by atoms with van der Waals surface area (Å²) in [6.07, 6.45) is -1.17. The molecule has 0 saturated carbocycles. The lowest BCUT2D eigenvalue weighted by Gasteiger charge is -2.33. The zero-order valence-corrected chi connectivity index (χ0v) is 17.0. The number of amides is 1. The SMILES string of the molecule is CC(C)(C)C(=O)Nc1ccnn1C1CCN(Cc2ccccc2C(F)(F)F)CC1. The van der Waals surface area contributed by atoms with Crippen molar-refractivity contribution in [1.82, 2.24) is 14.7 Å². The summed E-state index contributed by atoms with van der Waals surface area (Å²) in [7, 11) is 0. The number of nitrogens with one attached hydrogen (secondary N) is 1. The van der Waals surface area contributed by atoms with E-state index in [-0.39, 0.29) is 18.5 Å². The van der Waals surface area contributed by atoms with Gasteiger partial charge in [0.25, 0.3) is 0 Å². The van der Waals surface area contributed by atoms with Crippen LogP contribution in [0.4, 0.5) is 19.0 Å². The van der Waals surface area contributed by atoms with Gasteiger partial charge in [0.1, 0.15) is 5.82 Å². The van der Waals surface area contributed by atoms with Crippen LogP contribution in [0, 0.1) is 5.41 Å². The van der Waals surface area contributed by atoms with Crippen LogP contribution in [0.2, 0.25) is 0 Å². The number of nitrogens with zero attached hydrogens (tertiary/aromatic N) is 3. The van der Waals surface area contributed by atoms with Crippen LogP contribution in [0.5, 0.6) is 0 Å². The van der Waals surface area contributed by atoms with Crippen LogP contribution in [0.15, 0.2) is 36.5 Å². The molecule has 158 valence electrons. The number of benzene rings is 1. The van der Waals surface area contributed by atoms with Crippen molar-refractivity contribution in [3.63, 3.8) is 0 Å². The zero-order chi connectivity index (χ0) is 21.2. The van der Waals surface area contributed by atoms with Crippen molar-refractivity contribution in [2.24, 2.45) is 5.41 Å². The monoisotopic (exact) mass is 408 g/mol. The van der Waals surface area contributed by atoms with Gasteiger partial charge in [0.05, 0.1) is 17.8 Å². The molecule has 1 saturated heterocycles. The highest BCUT2D eigenvalue weighted by atomic mass is 19.4. The first-order valence-corrected chi connectivity index (χ1v) is 9.78. The number of hydrogen-bond acceptors (Lipinski definition) is 3. The van der Waals surface area contributed by atoms with Crippen LogP contribution >= 0.6 is 0 Å². The van der Waals surface area contributed by atoms with Crippen molar-refractivity contribution in [3.8, 4) is 0 Å². The molecule has 1 fully saturated rings. The van der Waals surface area contributed by atoms with Gasteiger partial charge in [0, 0.05) is 31.1 Å². The molecular weight excluding hydrogens is 381 g/mol. The summed E-state index contributed by atoms with van der Waals surface area (Å²) in [6, 6.07) is 7.62. The first kappa shape index (κ1) is 21.4. The van der Waals surface area contributed by atoms with Gasteiger partial charge in [-0.2, -0.15) is 18.3 Å². The number of anilines is 1. The highest BCUT2D eigenvalue weighted by Crippen LogP contribution is 2.33. The molecule has 1 aliphatic heterocycles. The molecule has 8 heteroatoms. The molecule has 0 atom stereocenters. The summed E-state index contributed by atoms with van der Waals surface area (Å²) in [4.78, 5) is 14.3. The number of likely N-dealkylation sites (tertiary alicyclic amines) is 1. The second-order valence-electron chi connectivity index (χ2n) is 8.53. The quantitative estimate of drug-likeness (QED) is 0.796. The van der Waals surface area contributed by atoms with Crippen molar-refractivity contribution in [3.05, 3.63) is 47.7 Å². The Bertz CT molecular complexity index is 846. The molecule has 1 aliphatic rings. The van der Waals surface area contributed by atoms with Gasteiger partial charge in [-0.1, -0.05) is 39.0 Å². The molecule has 2 heterocycles. The first-order chi connectivity index (χ1) is 13.6. The molecule has 2 aromatic rings. The van der Waals surface area contributed by atoms with Crippen molar-refractivity contribution < 1.29 is 18.0 Å². The lowest BCUT2D eigenvalue weighted by molar-refractivity contribution is -0.138. The maximum Gasteiger partial charge on any atom is 0.416 e. The lowest BCUT2D eigenvalue weighted by Crippen LogP contribution is -2.36. The topological polar surface area (TPSA) is 50.2 Å². The molecule has 0 aliphatic carbocycles. The van der Waals surface area contributed by atoms with Gasteiger partial charge in [0.2, 0.25) is 5.91 Å². The Kier molecular flexibility index (Phi) is 6.03. The van der Waals surface area contributed by atoms with E-state index in [1.165, 1.54) is 6.07 Å². The molecule has 1 aromatic carbocycles. The molecule has 1 aromatic heterocycles. The number of aromatic nitrogens is 2.